The molecule has 0 saturated carbocycles. The summed E-state index contributed by atoms with van der Waals surface area (Å²) in [5, 5.41) is 0. The maximum atomic E-state index is 12.5. The van der Waals surface area contributed by atoms with Crippen molar-refractivity contribution in [2.24, 2.45) is 0 Å². The summed E-state index contributed by atoms with van der Waals surface area (Å²) in [6.45, 7) is 1.03. The lowest BCUT2D eigenvalue weighted by Crippen LogP contribution is -2.16. The number of nitrogens with zero attached hydrogens (tertiary/aromatic N) is 2. The van der Waals surface area contributed by atoms with Crippen LogP contribution >= 0.6 is 0 Å². The summed E-state index contributed by atoms with van der Waals surface area (Å²) in [6.07, 6.45) is -7.02. The molecule has 0 aliphatic carbocycles. The normalized spacial score (nSPS) is 12.0. The third-order valence-corrected chi connectivity index (χ3v) is 6.96. The van der Waals surface area contributed by atoms with E-state index < -0.39 is 12.7 Å². The summed E-state index contributed by atoms with van der Waals surface area (Å²) in [5.74, 6) is 1.74. The van der Waals surface area contributed by atoms with Crippen molar-refractivity contribution in [3.63, 3.8) is 0 Å². The molecule has 0 radical (unpaired) electrons. The molecule has 0 aliphatic rings. The van der Waals surface area contributed by atoms with Gasteiger partial charge in [-0.25, -0.2) is 9.97 Å². The second-order valence-corrected chi connectivity index (χ2v) is 10.4. The van der Waals surface area contributed by atoms with Crippen LogP contribution in [0.25, 0.3) is 44.8 Å². The van der Waals surface area contributed by atoms with E-state index in [1.54, 1.807) is 24.3 Å². The highest BCUT2D eigenvalue weighted by Gasteiger charge is 2.32. The Balaban J connectivity index is 0.913. The van der Waals surface area contributed by atoms with Gasteiger partial charge in [-0.3, -0.25) is 0 Å². The van der Waals surface area contributed by atoms with Crippen LogP contribution in [-0.4, -0.2) is 45.9 Å². The predicted molar refractivity (Wildman–Crippen MR) is 161 cm³/mol. The quantitative estimate of drug-likeness (QED) is 0.101. The average Bonchev–Trinajstić information content (AvgIpc) is 3.63. The van der Waals surface area contributed by atoms with Gasteiger partial charge in [0.2, 0.25) is 0 Å². The van der Waals surface area contributed by atoms with Gasteiger partial charge in [-0.2, -0.15) is 0 Å². The highest BCUT2D eigenvalue weighted by molar-refractivity contribution is 5.81. The number of imidazole rings is 2. The van der Waals surface area contributed by atoms with Gasteiger partial charge in [0.1, 0.15) is 34.6 Å². The number of benzene rings is 4. The number of H-pyrrole nitrogens is 2. The molecule has 0 aliphatic heterocycles. The summed E-state index contributed by atoms with van der Waals surface area (Å²) in [4.78, 5) is 14.9. The minimum absolute atomic E-state index is 0.323. The largest absolute Gasteiger partial charge is 0.573 e. The Kier molecular flexibility index (Phi) is 8.83. The number of alkyl halides is 6. The van der Waals surface area contributed by atoms with Gasteiger partial charge in [-0.1, -0.05) is 0 Å². The smallest absolute Gasteiger partial charge is 0.494 e. The second kappa shape index (κ2) is 13.1. The molecule has 0 amide bonds. The fraction of sp³-hybridized carbons (Fsp3) is 0.212. The molecule has 0 saturated heterocycles. The first kappa shape index (κ1) is 31.6. The Morgan fingerprint density at radius 1 is 0.489 bits per heavy atom. The maximum Gasteiger partial charge on any atom is 0.573 e. The van der Waals surface area contributed by atoms with Crippen molar-refractivity contribution in [3.05, 3.63) is 84.9 Å². The minimum atomic E-state index is -4.77. The van der Waals surface area contributed by atoms with Gasteiger partial charge in [0.25, 0.3) is 0 Å². The molecule has 0 fully saturated rings. The Labute approximate surface area is 263 Å². The number of halogens is 6. The third kappa shape index (κ3) is 8.45. The molecule has 2 N–H and O–H groups in total. The van der Waals surface area contributed by atoms with Crippen LogP contribution in [0.4, 0.5) is 26.3 Å². The Morgan fingerprint density at radius 3 is 1.26 bits per heavy atom. The summed E-state index contributed by atoms with van der Waals surface area (Å²) < 4.78 is 94.6. The highest BCUT2D eigenvalue weighted by Crippen LogP contribution is 2.30. The third-order valence-electron chi connectivity index (χ3n) is 6.96. The van der Waals surface area contributed by atoms with Crippen molar-refractivity contribution in [2.75, 3.05) is 13.2 Å². The van der Waals surface area contributed by atoms with Crippen molar-refractivity contribution in [3.8, 4) is 45.8 Å². The van der Waals surface area contributed by atoms with Crippen molar-refractivity contribution >= 4 is 22.1 Å². The van der Waals surface area contributed by atoms with E-state index in [-0.39, 0.29) is 11.5 Å². The van der Waals surface area contributed by atoms with E-state index in [1.165, 1.54) is 36.4 Å². The minimum Gasteiger partial charge on any atom is -0.494 e. The topological polar surface area (TPSA) is 94.3 Å². The number of rotatable bonds is 12. The molecule has 4 aromatic carbocycles. The Bertz CT molecular complexity index is 1810. The molecule has 0 bridgehead atoms. The second-order valence-electron chi connectivity index (χ2n) is 10.4. The van der Waals surface area contributed by atoms with Gasteiger partial charge < -0.3 is 28.9 Å². The zero-order valence-electron chi connectivity index (χ0n) is 24.4. The number of ether oxygens (including phenoxy) is 4. The first-order chi connectivity index (χ1) is 22.5. The van der Waals surface area contributed by atoms with Crippen LogP contribution in [0.2, 0.25) is 0 Å². The van der Waals surface area contributed by atoms with Gasteiger partial charge in [0.05, 0.1) is 35.3 Å². The van der Waals surface area contributed by atoms with E-state index in [9.17, 15) is 26.3 Å². The number of aromatic amines is 2. The van der Waals surface area contributed by atoms with Crippen LogP contribution in [0, 0.1) is 0 Å². The molecular formula is C33H26F6N4O4. The fourth-order valence-electron chi connectivity index (χ4n) is 4.82. The van der Waals surface area contributed by atoms with Gasteiger partial charge in [0.15, 0.2) is 0 Å². The van der Waals surface area contributed by atoms with Crippen LogP contribution in [0.5, 0.6) is 23.0 Å². The van der Waals surface area contributed by atoms with E-state index in [1.807, 2.05) is 24.3 Å². The molecule has 47 heavy (non-hydrogen) atoms. The van der Waals surface area contributed by atoms with Gasteiger partial charge >= 0.3 is 12.7 Å². The zero-order chi connectivity index (χ0) is 33.0. The Hall–Kier alpha value is -5.40. The molecule has 8 nitrogen and oxygen atoms in total. The molecular weight excluding hydrogens is 630 g/mol. The molecule has 0 atom stereocenters. The lowest BCUT2D eigenvalue weighted by atomic mass is 10.2. The fourth-order valence-corrected chi connectivity index (χ4v) is 4.82. The van der Waals surface area contributed by atoms with Crippen LogP contribution < -0.4 is 18.9 Å². The number of fused-ring (bicyclic) bond motifs is 2. The summed E-state index contributed by atoms with van der Waals surface area (Å²) in [5.41, 5.74) is 3.38. The molecule has 244 valence electrons. The lowest BCUT2D eigenvalue weighted by molar-refractivity contribution is -0.275. The summed E-state index contributed by atoms with van der Waals surface area (Å²) in [7, 11) is 0. The molecule has 0 spiro atoms. The standard InChI is InChI=1S/C33H26F6N4O4/c34-32(35,36)46-24-12-14-26-28(18-24)42-30(40-26)20-4-8-22(9-5-20)44-16-2-1-3-17-45-23-10-6-21(7-11-23)31-41-27-15-13-25(19-29(27)43-31)47-33(37,38)39/h4-15,18-19H,1-3,16-17H2,(H,40,42)(H,41,43). The zero-order valence-corrected chi connectivity index (χ0v) is 24.4. The first-order valence-electron chi connectivity index (χ1n) is 14.4. The van der Waals surface area contributed by atoms with Crippen molar-refractivity contribution < 1.29 is 45.3 Å². The first-order valence-corrected chi connectivity index (χ1v) is 14.4. The van der Waals surface area contributed by atoms with Crippen LogP contribution in [0.1, 0.15) is 19.3 Å². The maximum absolute atomic E-state index is 12.5. The van der Waals surface area contributed by atoms with Crippen LogP contribution in [0.3, 0.4) is 0 Å². The lowest BCUT2D eigenvalue weighted by Gasteiger charge is -2.08. The van der Waals surface area contributed by atoms with E-state index in [0.717, 1.165) is 30.4 Å². The van der Waals surface area contributed by atoms with Gasteiger partial charge in [-0.15, -0.1) is 26.3 Å². The van der Waals surface area contributed by atoms with Crippen molar-refractivity contribution in [1.82, 2.24) is 19.9 Å². The number of nitrogens with one attached hydrogen (secondary N) is 2. The van der Waals surface area contributed by atoms with Crippen LogP contribution in [0.15, 0.2) is 84.9 Å². The number of hydrogen-bond donors (Lipinski definition) is 2. The van der Waals surface area contributed by atoms with E-state index in [2.05, 4.69) is 29.4 Å². The van der Waals surface area contributed by atoms with Crippen molar-refractivity contribution in [2.45, 2.75) is 32.0 Å². The highest BCUT2D eigenvalue weighted by atomic mass is 19.4. The molecule has 2 aromatic heterocycles. The van der Waals surface area contributed by atoms with Crippen molar-refractivity contribution in [1.29, 1.82) is 0 Å². The molecule has 6 rings (SSSR count). The summed E-state index contributed by atoms with van der Waals surface area (Å²) in [6, 6.07) is 22.3. The van der Waals surface area contributed by atoms with Gasteiger partial charge in [0, 0.05) is 23.3 Å². The number of aromatic nitrogens is 4. The number of hydrogen-bond acceptors (Lipinski definition) is 6. The molecule has 14 heteroatoms. The van der Waals surface area contributed by atoms with Gasteiger partial charge in [-0.05, 0) is 92.1 Å². The number of unbranched alkanes of at least 4 members (excludes halogenated alkanes) is 2. The monoisotopic (exact) mass is 656 g/mol. The van der Waals surface area contributed by atoms with Crippen LogP contribution in [-0.2, 0) is 0 Å². The molecule has 6 aromatic rings. The molecule has 2 heterocycles. The van der Waals surface area contributed by atoms with E-state index >= 15 is 0 Å². The Morgan fingerprint density at radius 2 is 0.872 bits per heavy atom. The average molecular weight is 657 g/mol. The predicted octanol–water partition coefficient (Wildman–Crippen LogP) is 9.20. The van der Waals surface area contributed by atoms with E-state index in [0.29, 0.717) is 58.4 Å². The SMILES string of the molecule is FC(F)(F)Oc1ccc2nc(-c3ccc(OCCCCCOc4ccc(-c5nc6ccc(OC(F)(F)F)cc6[nH]5)cc4)cc3)[nH]c2c1. The van der Waals surface area contributed by atoms with E-state index in [4.69, 9.17) is 9.47 Å². The molecule has 0 unspecified atom stereocenters. The summed E-state index contributed by atoms with van der Waals surface area (Å²) >= 11 is 0.